The highest BCUT2D eigenvalue weighted by Gasteiger charge is 2.13. The molecule has 1 saturated heterocycles. The second-order valence-electron chi connectivity index (χ2n) is 7.32. The molecule has 1 aliphatic rings. The summed E-state index contributed by atoms with van der Waals surface area (Å²) in [7, 11) is 0. The van der Waals surface area contributed by atoms with Gasteiger partial charge < -0.3 is 5.32 Å². The molecule has 28 heavy (non-hydrogen) atoms. The van der Waals surface area contributed by atoms with Gasteiger partial charge in [-0.1, -0.05) is 42.7 Å². The van der Waals surface area contributed by atoms with Crippen molar-refractivity contribution in [2.24, 2.45) is 0 Å². The molecule has 1 aliphatic heterocycles. The lowest BCUT2D eigenvalue weighted by Crippen LogP contribution is -2.26. The third-order valence-corrected chi connectivity index (χ3v) is 5.05. The van der Waals surface area contributed by atoms with Crippen LogP contribution in [0.1, 0.15) is 42.5 Å². The lowest BCUT2D eigenvalue weighted by Gasteiger charge is -2.18. The van der Waals surface area contributed by atoms with E-state index in [9.17, 15) is 4.79 Å². The predicted octanol–water partition coefficient (Wildman–Crippen LogP) is 3.14. The molecule has 8 heteroatoms. The average molecular weight is 403 g/mol. The number of aryl methyl sites for hydroxylation is 1. The summed E-state index contributed by atoms with van der Waals surface area (Å²) in [5, 5.41) is 6.22. The van der Waals surface area contributed by atoms with Gasteiger partial charge in [0, 0.05) is 19.2 Å². The van der Waals surface area contributed by atoms with E-state index in [-0.39, 0.29) is 18.0 Å². The number of halogens is 1. The molecule has 0 spiro atoms. The van der Waals surface area contributed by atoms with Crippen molar-refractivity contribution in [3.05, 3.63) is 57.5 Å². The van der Waals surface area contributed by atoms with Gasteiger partial charge in [-0.25, -0.2) is 4.98 Å². The molecule has 0 radical (unpaired) electrons. The maximum Gasteiger partial charge on any atom is 0.274 e. The normalized spacial score (nSPS) is 15.2. The van der Waals surface area contributed by atoms with Crippen LogP contribution in [0.3, 0.4) is 0 Å². The number of benzene rings is 1. The van der Waals surface area contributed by atoms with Crippen LogP contribution in [0, 0.1) is 6.92 Å². The first-order valence-corrected chi connectivity index (χ1v) is 9.68. The van der Waals surface area contributed by atoms with Gasteiger partial charge in [-0.05, 0) is 38.4 Å². The van der Waals surface area contributed by atoms with Gasteiger partial charge in [0.1, 0.15) is 0 Å². The number of anilines is 1. The van der Waals surface area contributed by atoms with E-state index in [0.29, 0.717) is 24.8 Å². The van der Waals surface area contributed by atoms with Gasteiger partial charge >= 0.3 is 0 Å². The molecule has 2 N–H and O–H groups in total. The molecule has 1 fully saturated rings. The smallest absolute Gasteiger partial charge is 0.274 e. The Hall–Kier alpha value is -2.38. The first-order valence-electron chi connectivity index (χ1n) is 9.68. The van der Waals surface area contributed by atoms with Gasteiger partial charge in [0.15, 0.2) is 0 Å². The number of hydrogen-bond acceptors (Lipinski definition) is 5. The van der Waals surface area contributed by atoms with Crippen LogP contribution in [0.15, 0.2) is 35.1 Å². The Labute approximate surface area is 170 Å². The Morgan fingerprint density at radius 1 is 1.07 bits per heavy atom. The van der Waals surface area contributed by atoms with Crippen LogP contribution in [-0.2, 0) is 13.1 Å². The van der Waals surface area contributed by atoms with Gasteiger partial charge in [0.2, 0.25) is 5.95 Å². The molecule has 1 aromatic carbocycles. The highest BCUT2D eigenvalue weighted by molar-refractivity contribution is 5.85. The highest BCUT2D eigenvalue weighted by Crippen LogP contribution is 2.12. The Kier molecular flexibility index (Phi) is 6.70. The number of nitrogens with one attached hydrogen (secondary N) is 2. The Bertz CT molecular complexity index is 957. The summed E-state index contributed by atoms with van der Waals surface area (Å²) < 4.78 is 1.39. The molecule has 4 rings (SSSR count). The summed E-state index contributed by atoms with van der Waals surface area (Å²) in [5.41, 5.74) is 3.05. The monoisotopic (exact) mass is 402 g/mol. The van der Waals surface area contributed by atoms with Crippen molar-refractivity contribution in [3.8, 4) is 0 Å². The van der Waals surface area contributed by atoms with Crippen LogP contribution < -0.4 is 10.9 Å². The summed E-state index contributed by atoms with van der Waals surface area (Å²) in [5.74, 6) is 0.964. The van der Waals surface area contributed by atoms with Crippen LogP contribution >= 0.6 is 12.4 Å². The van der Waals surface area contributed by atoms with Crippen molar-refractivity contribution in [2.75, 3.05) is 18.4 Å². The van der Waals surface area contributed by atoms with Crippen molar-refractivity contribution >= 4 is 24.1 Å². The number of hydrogen-bond donors (Lipinski definition) is 2. The Balaban J connectivity index is 0.00000225. The van der Waals surface area contributed by atoms with Crippen LogP contribution in [0.5, 0.6) is 0 Å². The van der Waals surface area contributed by atoms with E-state index in [2.05, 4.69) is 56.5 Å². The Morgan fingerprint density at radius 2 is 1.79 bits per heavy atom. The van der Waals surface area contributed by atoms with Crippen molar-refractivity contribution in [1.82, 2.24) is 24.5 Å². The average Bonchev–Trinajstić information content (AvgIpc) is 2.90. The number of aromatic nitrogens is 4. The minimum atomic E-state index is -0.124. The quantitative estimate of drug-likeness (QED) is 0.685. The van der Waals surface area contributed by atoms with Gasteiger partial charge in [-0.15, -0.1) is 12.4 Å². The third kappa shape index (κ3) is 4.91. The van der Waals surface area contributed by atoms with Crippen molar-refractivity contribution in [3.63, 3.8) is 0 Å². The SMILES string of the molecule is Cc1ccc(CNc2nc3nc(CN4CCCCCC4)cc(=O)n3[nH]2)cc1.Cl. The molecule has 2 aromatic heterocycles. The van der Waals surface area contributed by atoms with Crippen molar-refractivity contribution in [1.29, 1.82) is 0 Å². The van der Waals surface area contributed by atoms with E-state index < -0.39 is 0 Å². The highest BCUT2D eigenvalue weighted by atomic mass is 35.5. The molecule has 3 aromatic rings. The van der Waals surface area contributed by atoms with Crippen LogP contribution in [0.25, 0.3) is 5.78 Å². The van der Waals surface area contributed by atoms with Crippen LogP contribution in [-0.4, -0.2) is 37.6 Å². The second-order valence-corrected chi connectivity index (χ2v) is 7.32. The van der Waals surface area contributed by atoms with Crippen molar-refractivity contribution in [2.45, 2.75) is 45.7 Å². The van der Waals surface area contributed by atoms with E-state index >= 15 is 0 Å². The second kappa shape index (κ2) is 9.21. The lowest BCUT2D eigenvalue weighted by atomic mass is 10.1. The van der Waals surface area contributed by atoms with Crippen molar-refractivity contribution < 1.29 is 0 Å². The first-order chi connectivity index (χ1) is 13.2. The molecule has 3 heterocycles. The number of nitrogens with zero attached hydrogens (tertiary/aromatic N) is 4. The standard InChI is InChI=1S/C20H26N6O.ClH/c1-15-6-8-16(9-7-15)13-21-19-23-20-22-17(12-18(27)26(20)24-19)14-25-10-4-2-3-5-11-25;/h6-9,12H,2-5,10-11,13-14H2,1H3,(H2,21,22,23,24);1H. The number of rotatable bonds is 5. The van der Waals surface area contributed by atoms with Gasteiger partial charge in [-0.2, -0.15) is 9.50 Å². The summed E-state index contributed by atoms with van der Waals surface area (Å²) >= 11 is 0. The number of fused-ring (bicyclic) bond motifs is 1. The minimum Gasteiger partial charge on any atom is -0.351 e. The fourth-order valence-corrected chi connectivity index (χ4v) is 3.50. The molecule has 150 valence electrons. The zero-order valence-electron chi connectivity index (χ0n) is 16.1. The molecular weight excluding hydrogens is 376 g/mol. The maximum atomic E-state index is 12.4. The van der Waals surface area contributed by atoms with Gasteiger partial charge in [-0.3, -0.25) is 14.8 Å². The molecule has 0 bridgehead atoms. The fraction of sp³-hybridized carbons (Fsp3) is 0.450. The summed E-state index contributed by atoms with van der Waals surface area (Å²) in [4.78, 5) is 23.9. The number of aromatic amines is 1. The van der Waals surface area contributed by atoms with E-state index in [1.807, 2.05) is 0 Å². The summed E-state index contributed by atoms with van der Waals surface area (Å²) in [6.45, 7) is 5.56. The van der Waals surface area contributed by atoms with E-state index in [0.717, 1.165) is 24.3 Å². The largest absolute Gasteiger partial charge is 0.351 e. The molecule has 0 amide bonds. The third-order valence-electron chi connectivity index (χ3n) is 5.05. The van der Waals surface area contributed by atoms with E-state index in [4.69, 9.17) is 0 Å². The molecular formula is C20H27ClN6O. The van der Waals surface area contributed by atoms with E-state index in [1.165, 1.54) is 35.8 Å². The fourth-order valence-electron chi connectivity index (χ4n) is 3.50. The Morgan fingerprint density at radius 3 is 2.50 bits per heavy atom. The summed E-state index contributed by atoms with van der Waals surface area (Å²) in [6, 6.07) is 9.93. The van der Waals surface area contributed by atoms with Gasteiger partial charge in [0.05, 0.1) is 5.69 Å². The molecule has 0 atom stereocenters. The minimum absolute atomic E-state index is 0. The first kappa shape index (κ1) is 20.4. The zero-order valence-corrected chi connectivity index (χ0v) is 17.0. The maximum absolute atomic E-state index is 12.4. The van der Waals surface area contributed by atoms with E-state index in [1.54, 1.807) is 6.07 Å². The summed E-state index contributed by atoms with van der Waals surface area (Å²) in [6.07, 6.45) is 5.02. The van der Waals surface area contributed by atoms with Crippen LogP contribution in [0.2, 0.25) is 0 Å². The van der Waals surface area contributed by atoms with Crippen LogP contribution in [0.4, 0.5) is 5.95 Å². The lowest BCUT2D eigenvalue weighted by molar-refractivity contribution is 0.273. The molecule has 7 nitrogen and oxygen atoms in total. The molecule has 0 unspecified atom stereocenters. The number of likely N-dealkylation sites (tertiary alicyclic amines) is 1. The zero-order chi connectivity index (χ0) is 18.6. The van der Waals surface area contributed by atoms with Gasteiger partial charge in [0.25, 0.3) is 11.3 Å². The number of H-pyrrole nitrogens is 1. The molecule has 0 aliphatic carbocycles. The molecule has 0 saturated carbocycles. The topological polar surface area (TPSA) is 78.3 Å². The predicted molar refractivity (Wildman–Crippen MR) is 113 cm³/mol.